The van der Waals surface area contributed by atoms with E-state index in [1.54, 1.807) is 12.1 Å². The Morgan fingerprint density at radius 3 is 1.87 bits per heavy atom. The van der Waals surface area contributed by atoms with Gasteiger partial charge in [0.15, 0.2) is 0 Å². The minimum absolute atomic E-state index is 0.244. The number of aromatic nitrogens is 1. The quantitative estimate of drug-likeness (QED) is 0.174. The summed E-state index contributed by atoms with van der Waals surface area (Å²) in [5.41, 5.74) is 11.1. The number of hydrogen-bond donors (Lipinski definition) is 0. The predicted molar refractivity (Wildman–Crippen MR) is 243 cm³/mol. The van der Waals surface area contributed by atoms with Gasteiger partial charge in [0.1, 0.15) is 11.5 Å². The van der Waals surface area contributed by atoms with Crippen LogP contribution in [0.25, 0.3) is 43.7 Å². The molecule has 5 nitrogen and oxygen atoms in total. The van der Waals surface area contributed by atoms with E-state index in [0.29, 0.717) is 11.0 Å². The molecule has 2 heterocycles. The molecular weight excluding hydrogens is 757 g/mol. The SMILES string of the molecule is Cc1ccc(S(=O)(=O)n2c3ccccc3c3ccc(N(c4ccccc4)c4ccc5c(c4)C4(c6ccccc6Oc6ccccc64)c4cccc6cccc-5c46)cc32)cc1. The van der Waals surface area contributed by atoms with Crippen LogP contribution in [0.1, 0.15) is 27.8 Å². The first kappa shape index (κ1) is 34.6. The molecule has 1 aromatic heterocycles. The molecule has 12 rings (SSSR count). The highest BCUT2D eigenvalue weighted by Gasteiger charge is 2.49. The largest absolute Gasteiger partial charge is 0.457 e. The first-order chi connectivity index (χ1) is 29.4. The number of hydrogen-bond acceptors (Lipinski definition) is 4. The normalized spacial score (nSPS) is 13.5. The van der Waals surface area contributed by atoms with Gasteiger partial charge >= 0.3 is 0 Å². The van der Waals surface area contributed by atoms with Crippen molar-refractivity contribution < 1.29 is 13.2 Å². The van der Waals surface area contributed by atoms with E-state index in [9.17, 15) is 8.42 Å². The van der Waals surface area contributed by atoms with Crippen molar-refractivity contribution in [3.63, 3.8) is 0 Å². The molecular formula is C54H36N2O3S. The second-order valence-corrected chi connectivity index (χ2v) is 17.5. The van der Waals surface area contributed by atoms with Gasteiger partial charge in [-0.1, -0.05) is 139 Å². The summed E-state index contributed by atoms with van der Waals surface area (Å²) in [5.74, 6) is 1.66. The fourth-order valence-corrected chi connectivity index (χ4v) is 11.5. The summed E-state index contributed by atoms with van der Waals surface area (Å²) in [7, 11) is -3.99. The molecule has 9 aromatic carbocycles. The van der Waals surface area contributed by atoms with Crippen molar-refractivity contribution in [1.82, 2.24) is 3.97 Å². The van der Waals surface area contributed by atoms with Crippen LogP contribution in [0.5, 0.6) is 11.5 Å². The van der Waals surface area contributed by atoms with Gasteiger partial charge in [0.25, 0.3) is 10.0 Å². The number of fused-ring (bicyclic) bond motifs is 11. The third-order valence-electron chi connectivity index (χ3n) is 12.5. The molecule has 0 bridgehead atoms. The fraction of sp³-hybridized carbons (Fsp3) is 0.0370. The Bertz CT molecular complexity index is 3450. The molecule has 0 atom stereocenters. The van der Waals surface area contributed by atoms with Crippen molar-refractivity contribution in [2.45, 2.75) is 17.2 Å². The maximum atomic E-state index is 14.7. The molecule has 60 heavy (non-hydrogen) atoms. The molecule has 0 fully saturated rings. The monoisotopic (exact) mass is 792 g/mol. The summed E-state index contributed by atoms with van der Waals surface area (Å²) >= 11 is 0. The molecule has 10 aromatic rings. The van der Waals surface area contributed by atoms with Crippen LogP contribution in [0.3, 0.4) is 0 Å². The van der Waals surface area contributed by atoms with E-state index in [0.717, 1.165) is 67.2 Å². The van der Waals surface area contributed by atoms with E-state index >= 15 is 0 Å². The maximum absolute atomic E-state index is 14.7. The van der Waals surface area contributed by atoms with Gasteiger partial charge < -0.3 is 9.64 Å². The standard InChI is InChI=1S/C54H36N2O3S/c1-35-25-29-40(30-26-35)60(57,58)56-49-22-8-5-17-42(49)43-32-28-39(34-50(43)56)55(37-15-3-2-4-16-37)38-27-31-41-44-18-11-13-36-14-12-21-47(53(36)44)54(48(41)33-38)45-19-6-9-23-51(45)59-52-24-10-7-20-46(52)54/h2-34H,1H3. The zero-order valence-electron chi connectivity index (χ0n) is 32.6. The van der Waals surface area contributed by atoms with Gasteiger partial charge in [0, 0.05) is 39.0 Å². The molecule has 1 aliphatic heterocycles. The summed E-state index contributed by atoms with van der Waals surface area (Å²) in [6.07, 6.45) is 0. The maximum Gasteiger partial charge on any atom is 0.268 e. The van der Waals surface area contributed by atoms with Gasteiger partial charge in [-0.05, 0) is 107 Å². The van der Waals surface area contributed by atoms with Crippen LogP contribution >= 0.6 is 0 Å². The van der Waals surface area contributed by atoms with Crippen molar-refractivity contribution in [1.29, 1.82) is 0 Å². The molecule has 0 amide bonds. The number of aryl methyl sites for hydroxylation is 1. The van der Waals surface area contributed by atoms with E-state index in [4.69, 9.17) is 4.74 Å². The average Bonchev–Trinajstić information content (AvgIpc) is 3.63. The summed E-state index contributed by atoms with van der Waals surface area (Å²) in [6, 6.07) is 68.3. The number of nitrogens with zero attached hydrogens (tertiary/aromatic N) is 2. The first-order valence-corrected chi connectivity index (χ1v) is 21.6. The Labute approximate surface area is 348 Å². The van der Waals surface area contributed by atoms with Gasteiger partial charge in [0.2, 0.25) is 0 Å². The number of para-hydroxylation sites is 4. The van der Waals surface area contributed by atoms with Crippen LogP contribution in [0.4, 0.5) is 17.1 Å². The van der Waals surface area contributed by atoms with E-state index in [1.807, 2.05) is 79.7 Å². The molecule has 6 heteroatoms. The predicted octanol–water partition coefficient (Wildman–Crippen LogP) is 13.4. The lowest BCUT2D eigenvalue weighted by Gasteiger charge is -2.45. The highest BCUT2D eigenvalue weighted by atomic mass is 32.2. The zero-order chi connectivity index (χ0) is 40.2. The third kappa shape index (κ3) is 4.76. The summed E-state index contributed by atoms with van der Waals surface area (Å²) in [6.45, 7) is 1.96. The number of benzene rings is 9. The van der Waals surface area contributed by atoms with Gasteiger partial charge in [-0.3, -0.25) is 0 Å². The van der Waals surface area contributed by atoms with Crippen molar-refractivity contribution >= 4 is 59.7 Å². The third-order valence-corrected chi connectivity index (χ3v) is 14.3. The Balaban J connectivity index is 1.16. The molecule has 286 valence electrons. The smallest absolute Gasteiger partial charge is 0.268 e. The van der Waals surface area contributed by atoms with Crippen LogP contribution in [-0.4, -0.2) is 12.4 Å². The molecule has 2 aliphatic rings. The Morgan fingerprint density at radius 1 is 0.483 bits per heavy atom. The molecule has 0 saturated carbocycles. The molecule has 1 spiro atoms. The van der Waals surface area contributed by atoms with Gasteiger partial charge in [-0.25, -0.2) is 12.4 Å². The highest BCUT2D eigenvalue weighted by molar-refractivity contribution is 7.90. The van der Waals surface area contributed by atoms with Crippen molar-refractivity contribution in [2.75, 3.05) is 4.90 Å². The van der Waals surface area contributed by atoms with Gasteiger partial charge in [-0.2, -0.15) is 0 Å². The molecule has 1 aliphatic carbocycles. The zero-order valence-corrected chi connectivity index (χ0v) is 33.4. The van der Waals surface area contributed by atoms with Crippen LogP contribution in [-0.2, 0) is 15.4 Å². The second-order valence-electron chi connectivity index (χ2n) is 15.8. The van der Waals surface area contributed by atoms with Crippen molar-refractivity contribution in [3.8, 4) is 22.6 Å². The minimum Gasteiger partial charge on any atom is -0.457 e. The molecule has 0 saturated heterocycles. The number of anilines is 3. The Kier molecular flexibility index (Phi) is 7.38. The Hall–Kier alpha value is -7.41. The van der Waals surface area contributed by atoms with Crippen LogP contribution < -0.4 is 9.64 Å². The van der Waals surface area contributed by atoms with Crippen LogP contribution in [0.15, 0.2) is 205 Å². The summed E-state index contributed by atoms with van der Waals surface area (Å²) < 4.78 is 37.6. The van der Waals surface area contributed by atoms with Gasteiger partial charge in [0.05, 0.1) is 21.3 Å². The topological polar surface area (TPSA) is 51.5 Å². The highest BCUT2D eigenvalue weighted by Crippen LogP contribution is 2.61. The number of rotatable bonds is 5. The number of ether oxygens (including phenoxy) is 1. The van der Waals surface area contributed by atoms with Crippen molar-refractivity contribution in [3.05, 3.63) is 228 Å². The van der Waals surface area contributed by atoms with Crippen LogP contribution in [0.2, 0.25) is 0 Å². The van der Waals surface area contributed by atoms with Crippen molar-refractivity contribution in [2.24, 2.45) is 0 Å². The summed E-state index contributed by atoms with van der Waals surface area (Å²) in [5, 5.41) is 4.17. The average molecular weight is 793 g/mol. The van der Waals surface area contributed by atoms with Gasteiger partial charge in [-0.15, -0.1) is 0 Å². The summed E-state index contributed by atoms with van der Waals surface area (Å²) in [4.78, 5) is 2.49. The van der Waals surface area contributed by atoms with E-state index in [1.165, 1.54) is 25.9 Å². The first-order valence-electron chi connectivity index (χ1n) is 20.2. The van der Waals surface area contributed by atoms with Crippen LogP contribution in [0, 0.1) is 6.92 Å². The fourth-order valence-electron chi connectivity index (χ4n) is 9.98. The lowest BCUT2D eigenvalue weighted by molar-refractivity contribution is 0.435. The lowest BCUT2D eigenvalue weighted by atomic mass is 9.58. The lowest BCUT2D eigenvalue weighted by Crippen LogP contribution is -2.36. The Morgan fingerprint density at radius 2 is 1.10 bits per heavy atom. The molecule has 0 radical (unpaired) electrons. The van der Waals surface area contributed by atoms with E-state index in [-0.39, 0.29) is 4.90 Å². The second kappa shape index (κ2) is 12.8. The molecule has 0 unspecified atom stereocenters. The van der Waals surface area contributed by atoms with E-state index in [2.05, 4.69) is 120 Å². The minimum atomic E-state index is -3.99. The van der Waals surface area contributed by atoms with E-state index < -0.39 is 15.4 Å². The molecule has 0 N–H and O–H groups in total.